The second-order valence-corrected chi connectivity index (χ2v) is 1.49. The van der Waals surface area contributed by atoms with Crippen molar-refractivity contribution in [2.75, 3.05) is 0 Å². The van der Waals surface area contributed by atoms with E-state index < -0.39 is 0 Å². The molecule has 1 aromatic carbocycles. The van der Waals surface area contributed by atoms with E-state index in [-0.39, 0.29) is 49.2 Å². The molecule has 0 saturated carbocycles. The van der Waals surface area contributed by atoms with Crippen molar-refractivity contribution in [2.24, 2.45) is 0 Å². The average Bonchev–Trinajstić information content (AvgIpc) is 1.77. The molecule has 0 aliphatic carbocycles. The Morgan fingerprint density at radius 3 is 1.44 bits per heavy atom. The van der Waals surface area contributed by atoms with Crippen molar-refractivity contribution < 1.29 is 10.2 Å². The van der Waals surface area contributed by atoms with Gasteiger partial charge in [0.15, 0.2) is 11.5 Å². The number of hydrogen-bond acceptors (Lipinski definition) is 2. The van der Waals surface area contributed by atoms with Crippen molar-refractivity contribution in [3.8, 4) is 11.5 Å². The average molecular weight is 150 g/mol. The third-order valence-corrected chi connectivity index (χ3v) is 0.882. The molecule has 9 heavy (non-hydrogen) atoms. The van der Waals surface area contributed by atoms with Gasteiger partial charge in [-0.2, -0.15) is 0 Å². The van der Waals surface area contributed by atoms with E-state index in [4.69, 9.17) is 10.2 Å². The van der Waals surface area contributed by atoms with Crippen LogP contribution in [0.2, 0.25) is 0 Å². The molecule has 0 fully saturated rings. The van der Waals surface area contributed by atoms with E-state index in [1.54, 1.807) is 12.1 Å². The van der Waals surface area contributed by atoms with E-state index in [2.05, 4.69) is 0 Å². The van der Waals surface area contributed by atoms with Crippen LogP contribution in [-0.2, 0) is 0 Å². The second-order valence-electron chi connectivity index (χ2n) is 1.49. The molecule has 0 aliphatic rings. The smallest absolute Gasteiger partial charge is 0.157 e. The van der Waals surface area contributed by atoms with Crippen molar-refractivity contribution in [3.05, 3.63) is 24.3 Å². The van der Waals surface area contributed by atoms with Crippen LogP contribution < -0.4 is 0 Å². The van der Waals surface area contributed by atoms with E-state index in [1.807, 2.05) is 0 Å². The quantitative estimate of drug-likeness (QED) is 0.422. The molecule has 2 N–H and O–H groups in total. The topological polar surface area (TPSA) is 40.5 Å². The van der Waals surface area contributed by atoms with Gasteiger partial charge in [-0.15, -0.1) is 0 Å². The van der Waals surface area contributed by atoms with Crippen LogP contribution in [0, 0.1) is 0 Å². The third-order valence-electron chi connectivity index (χ3n) is 0.882. The maximum atomic E-state index is 8.67. The summed E-state index contributed by atoms with van der Waals surface area (Å²) in [6.45, 7) is 0. The zero-order valence-corrected chi connectivity index (χ0v) is 7.12. The van der Waals surface area contributed by atoms with Crippen molar-refractivity contribution in [1.29, 1.82) is 0 Å². The van der Waals surface area contributed by atoms with Gasteiger partial charge in [0, 0.05) is 37.7 Å². The Kier molecular flexibility index (Phi) is 4.02. The molecular formula is C6H6CaO2. The molecule has 1 rings (SSSR count). The molecule has 3 heteroatoms. The summed E-state index contributed by atoms with van der Waals surface area (Å²) in [7, 11) is 0. The minimum atomic E-state index is -0.0764. The number of aromatic hydroxyl groups is 2. The summed E-state index contributed by atoms with van der Waals surface area (Å²) in [6, 6.07) is 6.15. The fraction of sp³-hybridized carbons (Fsp3) is 0. The summed E-state index contributed by atoms with van der Waals surface area (Å²) in [6.07, 6.45) is 0. The van der Waals surface area contributed by atoms with Gasteiger partial charge in [-0.3, -0.25) is 0 Å². The molecule has 44 valence electrons. The third kappa shape index (κ3) is 2.43. The largest absolute Gasteiger partial charge is 0.504 e. The van der Waals surface area contributed by atoms with Crippen molar-refractivity contribution in [2.45, 2.75) is 0 Å². The molecule has 0 amide bonds. The van der Waals surface area contributed by atoms with Gasteiger partial charge in [0.2, 0.25) is 0 Å². The second kappa shape index (κ2) is 3.99. The molecule has 0 saturated heterocycles. The van der Waals surface area contributed by atoms with Crippen LogP contribution in [0.4, 0.5) is 0 Å². The maximum absolute atomic E-state index is 8.67. The van der Waals surface area contributed by atoms with Gasteiger partial charge in [-0.25, -0.2) is 0 Å². The Morgan fingerprint density at radius 2 is 1.22 bits per heavy atom. The number of phenols is 2. The van der Waals surface area contributed by atoms with Gasteiger partial charge in [-0.1, -0.05) is 12.1 Å². The van der Waals surface area contributed by atoms with Crippen LogP contribution in [0.1, 0.15) is 0 Å². The van der Waals surface area contributed by atoms with Gasteiger partial charge >= 0.3 is 0 Å². The standard InChI is InChI=1S/C6H6O2.Ca/c7-5-3-1-2-4-6(5)8;/h1-4,7-8H;. The number of phenolic OH excluding ortho intramolecular Hbond substituents is 2. The van der Waals surface area contributed by atoms with Gasteiger partial charge in [-0.05, 0) is 12.1 Å². The van der Waals surface area contributed by atoms with Gasteiger partial charge in [0.05, 0.1) is 0 Å². The Balaban J connectivity index is 0.000000640. The normalized spacial score (nSPS) is 8.00. The van der Waals surface area contributed by atoms with Crippen LogP contribution >= 0.6 is 0 Å². The minimum absolute atomic E-state index is 0. The minimum Gasteiger partial charge on any atom is -0.504 e. The van der Waals surface area contributed by atoms with Crippen LogP contribution in [0.25, 0.3) is 0 Å². The summed E-state index contributed by atoms with van der Waals surface area (Å²) >= 11 is 0. The first-order valence-electron chi connectivity index (χ1n) is 2.27. The molecule has 0 heterocycles. The van der Waals surface area contributed by atoms with Gasteiger partial charge < -0.3 is 10.2 Å². The number of benzene rings is 1. The maximum Gasteiger partial charge on any atom is 0.157 e. The molecule has 0 aliphatic heterocycles. The SMILES string of the molecule is Oc1ccccc1O.[Ca]. The molecule has 2 radical (unpaired) electrons. The van der Waals surface area contributed by atoms with Crippen molar-refractivity contribution in [3.63, 3.8) is 0 Å². The van der Waals surface area contributed by atoms with Crippen LogP contribution in [0.5, 0.6) is 11.5 Å². The molecule has 0 aromatic heterocycles. The molecule has 0 spiro atoms. The number of para-hydroxylation sites is 2. The molecule has 0 unspecified atom stereocenters. The molecule has 0 atom stereocenters. The Morgan fingerprint density at radius 1 is 0.889 bits per heavy atom. The fourth-order valence-corrected chi connectivity index (χ4v) is 0.464. The predicted molar refractivity (Wildman–Crippen MR) is 35.5 cm³/mol. The predicted octanol–water partition coefficient (Wildman–Crippen LogP) is 0.717. The molecule has 0 bridgehead atoms. The van der Waals surface area contributed by atoms with Crippen LogP contribution in [0.3, 0.4) is 0 Å². The van der Waals surface area contributed by atoms with E-state index in [1.165, 1.54) is 12.1 Å². The Bertz CT molecular complexity index is 167. The first-order valence-corrected chi connectivity index (χ1v) is 2.27. The summed E-state index contributed by atoms with van der Waals surface area (Å²) in [5.74, 6) is -0.153. The monoisotopic (exact) mass is 150 g/mol. The van der Waals surface area contributed by atoms with Crippen molar-refractivity contribution in [1.82, 2.24) is 0 Å². The van der Waals surface area contributed by atoms with Crippen LogP contribution in [0.15, 0.2) is 24.3 Å². The molecular weight excluding hydrogens is 144 g/mol. The first-order chi connectivity index (χ1) is 3.80. The molecule has 1 aromatic rings. The Hall–Kier alpha value is 0.0797. The zero-order valence-electron chi connectivity index (χ0n) is 4.91. The summed E-state index contributed by atoms with van der Waals surface area (Å²) in [5, 5.41) is 17.3. The summed E-state index contributed by atoms with van der Waals surface area (Å²) < 4.78 is 0. The van der Waals surface area contributed by atoms with Crippen LogP contribution in [-0.4, -0.2) is 48.0 Å². The molecule has 2 nitrogen and oxygen atoms in total. The Labute approximate surface area is 83.1 Å². The fourth-order valence-electron chi connectivity index (χ4n) is 0.464. The van der Waals surface area contributed by atoms with Gasteiger partial charge in [0.1, 0.15) is 0 Å². The van der Waals surface area contributed by atoms with E-state index in [0.717, 1.165) is 0 Å². The first kappa shape index (κ1) is 9.08. The number of hydrogen-bond donors (Lipinski definition) is 2. The van der Waals surface area contributed by atoms with Crippen molar-refractivity contribution >= 4 is 37.7 Å². The summed E-state index contributed by atoms with van der Waals surface area (Å²) in [5.41, 5.74) is 0. The van der Waals surface area contributed by atoms with E-state index >= 15 is 0 Å². The summed E-state index contributed by atoms with van der Waals surface area (Å²) in [4.78, 5) is 0. The van der Waals surface area contributed by atoms with E-state index in [0.29, 0.717) is 0 Å². The zero-order chi connectivity index (χ0) is 5.98. The van der Waals surface area contributed by atoms with Gasteiger partial charge in [0.25, 0.3) is 0 Å². The number of rotatable bonds is 0. The van der Waals surface area contributed by atoms with E-state index in [9.17, 15) is 0 Å².